The maximum Gasteiger partial charge on any atom is 0.0591 e. The number of nitrogens with two attached hydrogens (primary N) is 1. The van der Waals surface area contributed by atoms with Crippen molar-refractivity contribution in [2.24, 2.45) is 11.1 Å². The fourth-order valence-electron chi connectivity index (χ4n) is 2.83. The van der Waals surface area contributed by atoms with Crippen LogP contribution in [0.2, 0.25) is 0 Å². The molecule has 0 spiro atoms. The molecule has 0 saturated carbocycles. The van der Waals surface area contributed by atoms with Crippen molar-refractivity contribution in [3.8, 4) is 0 Å². The molecular formula is C15H24N2S. The molecule has 1 saturated heterocycles. The number of hydrogen-bond donors (Lipinski definition) is 2. The lowest BCUT2D eigenvalue weighted by molar-refractivity contribution is 0.290. The third-order valence-corrected chi connectivity index (χ3v) is 5.25. The number of aryl methyl sites for hydroxylation is 1. The molecule has 0 aromatic heterocycles. The lowest BCUT2D eigenvalue weighted by atomic mass is 9.79. The standard InChI is InChI=1S/C15H24N2S/c1-12-5-4-6-13(7-12)17-15(9-16)8-14(2,3)10-18-11-15/h4-7,17H,8-11,16H2,1-3H3. The van der Waals surface area contributed by atoms with Crippen LogP contribution in [0, 0.1) is 12.3 Å². The summed E-state index contributed by atoms with van der Waals surface area (Å²) in [5, 5.41) is 3.69. The molecule has 1 aliphatic heterocycles. The van der Waals surface area contributed by atoms with Crippen LogP contribution in [0.25, 0.3) is 0 Å². The van der Waals surface area contributed by atoms with E-state index in [0.29, 0.717) is 12.0 Å². The van der Waals surface area contributed by atoms with Crippen LogP contribution in [-0.4, -0.2) is 23.6 Å². The Bertz CT molecular complexity index is 417. The summed E-state index contributed by atoms with van der Waals surface area (Å²) in [6.07, 6.45) is 1.14. The molecule has 0 amide bonds. The zero-order valence-electron chi connectivity index (χ0n) is 11.6. The first-order valence-corrected chi connectivity index (χ1v) is 7.73. The number of thioether (sulfide) groups is 1. The monoisotopic (exact) mass is 264 g/mol. The van der Waals surface area contributed by atoms with Crippen molar-refractivity contribution in [2.45, 2.75) is 32.7 Å². The molecule has 0 radical (unpaired) electrons. The van der Waals surface area contributed by atoms with Gasteiger partial charge in [0, 0.05) is 18.0 Å². The second-order valence-corrected chi connectivity index (χ2v) is 7.30. The molecule has 2 rings (SSSR count). The molecule has 18 heavy (non-hydrogen) atoms. The van der Waals surface area contributed by atoms with Crippen LogP contribution in [0.3, 0.4) is 0 Å². The van der Waals surface area contributed by atoms with Crippen molar-refractivity contribution in [3.05, 3.63) is 29.8 Å². The Balaban J connectivity index is 2.18. The van der Waals surface area contributed by atoms with Crippen molar-refractivity contribution in [3.63, 3.8) is 0 Å². The largest absolute Gasteiger partial charge is 0.377 e. The minimum atomic E-state index is 0.0419. The Hall–Kier alpha value is -0.670. The molecule has 0 aliphatic carbocycles. The Morgan fingerprint density at radius 3 is 2.72 bits per heavy atom. The Kier molecular flexibility index (Phi) is 3.93. The summed E-state index contributed by atoms with van der Waals surface area (Å²) in [6, 6.07) is 8.56. The summed E-state index contributed by atoms with van der Waals surface area (Å²) in [7, 11) is 0. The van der Waals surface area contributed by atoms with E-state index in [9.17, 15) is 0 Å². The van der Waals surface area contributed by atoms with E-state index in [4.69, 9.17) is 5.73 Å². The SMILES string of the molecule is Cc1cccc(NC2(CN)CSCC(C)(C)C2)c1. The van der Waals surface area contributed by atoms with E-state index >= 15 is 0 Å². The van der Waals surface area contributed by atoms with E-state index < -0.39 is 0 Å². The first-order valence-electron chi connectivity index (χ1n) is 6.57. The molecule has 1 aliphatic rings. The third kappa shape index (κ3) is 3.21. The van der Waals surface area contributed by atoms with Gasteiger partial charge in [0.25, 0.3) is 0 Å². The summed E-state index contributed by atoms with van der Waals surface area (Å²) in [4.78, 5) is 0. The first-order chi connectivity index (χ1) is 8.45. The van der Waals surface area contributed by atoms with Gasteiger partial charge in [-0.2, -0.15) is 11.8 Å². The smallest absolute Gasteiger partial charge is 0.0591 e. The molecule has 1 aromatic rings. The molecule has 1 heterocycles. The quantitative estimate of drug-likeness (QED) is 0.880. The molecule has 0 bridgehead atoms. The van der Waals surface area contributed by atoms with Gasteiger partial charge in [-0.15, -0.1) is 0 Å². The molecule has 1 fully saturated rings. The van der Waals surface area contributed by atoms with Gasteiger partial charge >= 0.3 is 0 Å². The Morgan fingerprint density at radius 1 is 1.33 bits per heavy atom. The molecule has 1 atom stereocenters. The van der Waals surface area contributed by atoms with Crippen LogP contribution >= 0.6 is 11.8 Å². The number of rotatable bonds is 3. The van der Waals surface area contributed by atoms with Crippen molar-refractivity contribution >= 4 is 17.4 Å². The predicted octanol–water partition coefficient (Wildman–Crippen LogP) is 3.27. The summed E-state index contributed by atoms with van der Waals surface area (Å²) in [5.41, 5.74) is 8.95. The van der Waals surface area contributed by atoms with Gasteiger partial charge in [0.2, 0.25) is 0 Å². The number of benzene rings is 1. The average Bonchev–Trinajstić information content (AvgIpc) is 2.27. The first kappa shape index (κ1) is 13.8. The zero-order valence-corrected chi connectivity index (χ0v) is 12.4. The van der Waals surface area contributed by atoms with Crippen LogP contribution in [0.15, 0.2) is 24.3 Å². The van der Waals surface area contributed by atoms with E-state index in [1.807, 2.05) is 11.8 Å². The van der Waals surface area contributed by atoms with Crippen molar-refractivity contribution in [1.29, 1.82) is 0 Å². The Labute approximate surface area is 115 Å². The average molecular weight is 264 g/mol. The van der Waals surface area contributed by atoms with E-state index in [-0.39, 0.29) is 5.54 Å². The van der Waals surface area contributed by atoms with E-state index in [0.717, 1.165) is 12.2 Å². The summed E-state index contributed by atoms with van der Waals surface area (Å²) in [6.45, 7) is 7.49. The topological polar surface area (TPSA) is 38.0 Å². The van der Waals surface area contributed by atoms with Gasteiger partial charge in [0.1, 0.15) is 0 Å². The van der Waals surface area contributed by atoms with Gasteiger partial charge < -0.3 is 11.1 Å². The molecule has 1 unspecified atom stereocenters. The summed E-state index contributed by atoms with van der Waals surface area (Å²) in [5.74, 6) is 2.32. The summed E-state index contributed by atoms with van der Waals surface area (Å²) < 4.78 is 0. The van der Waals surface area contributed by atoms with E-state index in [1.165, 1.54) is 17.0 Å². The highest BCUT2D eigenvalue weighted by atomic mass is 32.2. The fourth-order valence-corrected chi connectivity index (χ4v) is 4.27. The highest BCUT2D eigenvalue weighted by Crippen LogP contribution is 2.40. The Morgan fingerprint density at radius 2 is 2.11 bits per heavy atom. The molecule has 100 valence electrons. The molecular weight excluding hydrogens is 240 g/mol. The van der Waals surface area contributed by atoms with Crippen molar-refractivity contribution in [2.75, 3.05) is 23.4 Å². The van der Waals surface area contributed by atoms with Crippen LogP contribution in [0.1, 0.15) is 25.8 Å². The summed E-state index contributed by atoms with van der Waals surface area (Å²) >= 11 is 2.01. The maximum atomic E-state index is 6.07. The van der Waals surface area contributed by atoms with Gasteiger partial charge in [-0.1, -0.05) is 26.0 Å². The molecule has 3 N–H and O–H groups in total. The second kappa shape index (κ2) is 5.14. The minimum Gasteiger partial charge on any atom is -0.377 e. The minimum absolute atomic E-state index is 0.0419. The zero-order chi connectivity index (χ0) is 13.2. The normalized spacial score (nSPS) is 26.9. The highest BCUT2D eigenvalue weighted by molar-refractivity contribution is 7.99. The maximum absolute atomic E-state index is 6.07. The molecule has 2 nitrogen and oxygen atoms in total. The van der Waals surface area contributed by atoms with Crippen LogP contribution < -0.4 is 11.1 Å². The third-order valence-electron chi connectivity index (χ3n) is 3.51. The van der Waals surface area contributed by atoms with Crippen molar-refractivity contribution in [1.82, 2.24) is 0 Å². The van der Waals surface area contributed by atoms with E-state index in [2.05, 4.69) is 50.4 Å². The van der Waals surface area contributed by atoms with Crippen molar-refractivity contribution < 1.29 is 0 Å². The predicted molar refractivity (Wildman–Crippen MR) is 82.3 cm³/mol. The molecule has 1 aromatic carbocycles. The number of hydrogen-bond acceptors (Lipinski definition) is 3. The highest BCUT2D eigenvalue weighted by Gasteiger charge is 2.39. The van der Waals surface area contributed by atoms with Gasteiger partial charge in [0.05, 0.1) is 5.54 Å². The van der Waals surface area contributed by atoms with Gasteiger partial charge in [-0.05, 0) is 42.2 Å². The fraction of sp³-hybridized carbons (Fsp3) is 0.600. The van der Waals surface area contributed by atoms with E-state index in [1.54, 1.807) is 0 Å². The lowest BCUT2D eigenvalue weighted by Crippen LogP contribution is -2.53. The second-order valence-electron chi connectivity index (χ2n) is 6.31. The number of anilines is 1. The van der Waals surface area contributed by atoms with Gasteiger partial charge in [0.15, 0.2) is 0 Å². The van der Waals surface area contributed by atoms with Crippen LogP contribution in [-0.2, 0) is 0 Å². The molecule has 3 heteroatoms. The van der Waals surface area contributed by atoms with Gasteiger partial charge in [-0.25, -0.2) is 0 Å². The van der Waals surface area contributed by atoms with Crippen LogP contribution in [0.5, 0.6) is 0 Å². The lowest BCUT2D eigenvalue weighted by Gasteiger charge is -2.45. The van der Waals surface area contributed by atoms with Crippen LogP contribution in [0.4, 0.5) is 5.69 Å². The number of nitrogens with one attached hydrogen (secondary N) is 1. The van der Waals surface area contributed by atoms with Gasteiger partial charge in [-0.3, -0.25) is 0 Å².